The summed E-state index contributed by atoms with van der Waals surface area (Å²) < 4.78 is 26.6. The van der Waals surface area contributed by atoms with E-state index >= 15 is 0 Å². The van der Waals surface area contributed by atoms with Gasteiger partial charge < -0.3 is 10.6 Å². The largest absolute Gasteiger partial charge is 0.340 e. The van der Waals surface area contributed by atoms with Gasteiger partial charge in [-0.3, -0.25) is 4.79 Å². The first-order valence-electron chi connectivity index (χ1n) is 7.85. The molecule has 0 saturated heterocycles. The minimum absolute atomic E-state index is 0.0518. The summed E-state index contributed by atoms with van der Waals surface area (Å²) in [5.74, 6) is -1.78. The summed E-state index contributed by atoms with van der Waals surface area (Å²) in [5, 5.41) is 5.49. The van der Waals surface area contributed by atoms with E-state index in [-0.39, 0.29) is 11.4 Å². The first-order chi connectivity index (χ1) is 12.4. The molecule has 1 heterocycles. The van der Waals surface area contributed by atoms with Gasteiger partial charge in [0.05, 0.1) is 5.69 Å². The average Bonchev–Trinajstić information content (AvgIpc) is 2.60. The fraction of sp³-hybridized carbons (Fsp3) is 0.105. The molecule has 0 fully saturated rings. The fourth-order valence-electron chi connectivity index (χ4n) is 2.42. The standard InChI is InChI=1S/C19H16F2N4O/c1-11-3-5-15(12(2)7-11)24-18-9-17(22-10-23-18)19(26)25-16-6-4-13(20)8-14(16)21/h3-10H,1-2H3,(H,25,26)(H,22,23,24). The average molecular weight is 354 g/mol. The van der Waals surface area contributed by atoms with Crippen molar-refractivity contribution in [3.8, 4) is 0 Å². The van der Waals surface area contributed by atoms with E-state index in [2.05, 4.69) is 20.6 Å². The van der Waals surface area contributed by atoms with Crippen LogP contribution in [0.1, 0.15) is 21.6 Å². The van der Waals surface area contributed by atoms with Gasteiger partial charge in [-0.15, -0.1) is 0 Å². The van der Waals surface area contributed by atoms with Crippen molar-refractivity contribution in [3.05, 3.63) is 77.2 Å². The lowest BCUT2D eigenvalue weighted by Crippen LogP contribution is -2.15. The molecular formula is C19H16F2N4O. The number of aryl methyl sites for hydroxylation is 2. The van der Waals surface area contributed by atoms with Crippen LogP contribution in [0.15, 0.2) is 48.8 Å². The number of nitrogens with zero attached hydrogens (tertiary/aromatic N) is 2. The minimum atomic E-state index is -0.860. The Morgan fingerprint density at radius 1 is 0.962 bits per heavy atom. The zero-order valence-electron chi connectivity index (χ0n) is 14.2. The molecule has 26 heavy (non-hydrogen) atoms. The zero-order chi connectivity index (χ0) is 18.7. The number of carbonyl (C=O) groups is 1. The van der Waals surface area contributed by atoms with Crippen molar-refractivity contribution in [3.63, 3.8) is 0 Å². The van der Waals surface area contributed by atoms with Gasteiger partial charge in [0.25, 0.3) is 5.91 Å². The van der Waals surface area contributed by atoms with E-state index in [1.54, 1.807) is 0 Å². The first kappa shape index (κ1) is 17.5. The lowest BCUT2D eigenvalue weighted by molar-refractivity contribution is 0.102. The molecule has 0 aliphatic carbocycles. The number of carbonyl (C=O) groups excluding carboxylic acids is 1. The summed E-state index contributed by atoms with van der Waals surface area (Å²) in [6.07, 6.45) is 1.24. The van der Waals surface area contributed by atoms with E-state index in [9.17, 15) is 13.6 Å². The van der Waals surface area contributed by atoms with E-state index in [1.165, 1.54) is 12.4 Å². The highest BCUT2D eigenvalue weighted by atomic mass is 19.1. The highest BCUT2D eigenvalue weighted by Gasteiger charge is 2.12. The molecule has 0 unspecified atom stereocenters. The van der Waals surface area contributed by atoms with E-state index in [0.29, 0.717) is 11.9 Å². The number of anilines is 3. The van der Waals surface area contributed by atoms with Gasteiger partial charge in [-0.1, -0.05) is 17.7 Å². The quantitative estimate of drug-likeness (QED) is 0.730. The van der Waals surface area contributed by atoms with Gasteiger partial charge in [0, 0.05) is 17.8 Å². The van der Waals surface area contributed by atoms with Gasteiger partial charge in [0.2, 0.25) is 0 Å². The van der Waals surface area contributed by atoms with Gasteiger partial charge in [-0.2, -0.15) is 0 Å². The third-order valence-corrected chi connectivity index (χ3v) is 3.72. The maximum atomic E-state index is 13.7. The number of benzene rings is 2. The second-order valence-electron chi connectivity index (χ2n) is 5.81. The second-order valence-corrected chi connectivity index (χ2v) is 5.81. The van der Waals surface area contributed by atoms with Gasteiger partial charge >= 0.3 is 0 Å². The molecule has 1 aromatic heterocycles. The molecule has 3 rings (SSSR count). The molecule has 7 heteroatoms. The molecule has 0 spiro atoms. The van der Waals surface area contributed by atoms with Crippen LogP contribution in [0, 0.1) is 25.5 Å². The molecule has 0 atom stereocenters. The van der Waals surface area contributed by atoms with Crippen LogP contribution >= 0.6 is 0 Å². The number of hydrogen-bond acceptors (Lipinski definition) is 4. The van der Waals surface area contributed by atoms with Crippen LogP contribution in [0.4, 0.5) is 26.0 Å². The summed E-state index contributed by atoms with van der Waals surface area (Å²) in [6.45, 7) is 3.96. The first-order valence-corrected chi connectivity index (χ1v) is 7.85. The van der Waals surface area contributed by atoms with Crippen LogP contribution in [0.2, 0.25) is 0 Å². The van der Waals surface area contributed by atoms with Crippen molar-refractivity contribution in [2.75, 3.05) is 10.6 Å². The van der Waals surface area contributed by atoms with Crippen LogP contribution < -0.4 is 10.6 Å². The van der Waals surface area contributed by atoms with Crippen LogP contribution in [-0.4, -0.2) is 15.9 Å². The van der Waals surface area contributed by atoms with E-state index in [1.807, 2.05) is 32.0 Å². The molecule has 5 nitrogen and oxygen atoms in total. The normalized spacial score (nSPS) is 10.5. The molecule has 0 aliphatic rings. The molecule has 132 valence electrons. The van der Waals surface area contributed by atoms with Crippen LogP contribution in [0.3, 0.4) is 0 Å². The second kappa shape index (κ2) is 7.26. The highest BCUT2D eigenvalue weighted by Crippen LogP contribution is 2.21. The SMILES string of the molecule is Cc1ccc(Nc2cc(C(=O)Nc3ccc(F)cc3F)ncn2)c(C)c1. The monoisotopic (exact) mass is 354 g/mol. The minimum Gasteiger partial charge on any atom is -0.340 e. The Morgan fingerprint density at radius 2 is 1.73 bits per heavy atom. The Kier molecular flexibility index (Phi) is 4.88. The number of nitrogens with one attached hydrogen (secondary N) is 2. The number of hydrogen-bond donors (Lipinski definition) is 2. The van der Waals surface area contributed by atoms with Crippen LogP contribution in [0.5, 0.6) is 0 Å². The maximum absolute atomic E-state index is 13.7. The highest BCUT2D eigenvalue weighted by molar-refractivity contribution is 6.03. The summed E-state index contributed by atoms with van der Waals surface area (Å²) >= 11 is 0. The third kappa shape index (κ3) is 4.00. The smallest absolute Gasteiger partial charge is 0.274 e. The molecular weight excluding hydrogens is 338 g/mol. The molecule has 0 aliphatic heterocycles. The predicted octanol–water partition coefficient (Wildman–Crippen LogP) is 4.37. The number of rotatable bonds is 4. The zero-order valence-corrected chi connectivity index (χ0v) is 14.2. The molecule has 0 saturated carbocycles. The van der Waals surface area contributed by atoms with Gasteiger partial charge in [-0.25, -0.2) is 18.7 Å². The van der Waals surface area contributed by atoms with Crippen molar-refractivity contribution in [1.29, 1.82) is 0 Å². The van der Waals surface area contributed by atoms with Crippen molar-refractivity contribution in [2.45, 2.75) is 13.8 Å². The molecule has 0 bridgehead atoms. The Labute approximate surface area is 149 Å². The topological polar surface area (TPSA) is 66.9 Å². The summed E-state index contributed by atoms with van der Waals surface area (Å²) in [6, 6.07) is 10.3. The van der Waals surface area contributed by atoms with E-state index in [0.717, 1.165) is 28.9 Å². The number of halogens is 2. The van der Waals surface area contributed by atoms with Gasteiger partial charge in [0.1, 0.15) is 29.5 Å². The van der Waals surface area contributed by atoms with Crippen LogP contribution in [-0.2, 0) is 0 Å². The number of aromatic nitrogens is 2. The summed E-state index contributed by atoms with van der Waals surface area (Å²) in [5.41, 5.74) is 2.94. The van der Waals surface area contributed by atoms with Gasteiger partial charge in [0.15, 0.2) is 0 Å². The van der Waals surface area contributed by atoms with Gasteiger partial charge in [-0.05, 0) is 37.6 Å². The molecule has 1 amide bonds. The fourth-order valence-corrected chi connectivity index (χ4v) is 2.42. The van der Waals surface area contributed by atoms with Crippen molar-refractivity contribution < 1.29 is 13.6 Å². The Bertz CT molecular complexity index is 976. The third-order valence-electron chi connectivity index (χ3n) is 3.72. The molecule has 0 radical (unpaired) electrons. The predicted molar refractivity (Wildman–Crippen MR) is 95.5 cm³/mol. The Morgan fingerprint density at radius 3 is 2.46 bits per heavy atom. The van der Waals surface area contributed by atoms with E-state index < -0.39 is 17.5 Å². The summed E-state index contributed by atoms with van der Waals surface area (Å²) in [7, 11) is 0. The lowest BCUT2D eigenvalue weighted by atomic mass is 10.1. The van der Waals surface area contributed by atoms with Crippen molar-refractivity contribution in [2.24, 2.45) is 0 Å². The lowest BCUT2D eigenvalue weighted by Gasteiger charge is -2.10. The van der Waals surface area contributed by atoms with Crippen molar-refractivity contribution >= 4 is 23.1 Å². The van der Waals surface area contributed by atoms with E-state index in [4.69, 9.17) is 0 Å². The Balaban J connectivity index is 1.79. The van der Waals surface area contributed by atoms with Crippen LogP contribution in [0.25, 0.3) is 0 Å². The Hall–Kier alpha value is -3.35. The summed E-state index contributed by atoms with van der Waals surface area (Å²) in [4.78, 5) is 20.3. The maximum Gasteiger partial charge on any atom is 0.274 e. The molecule has 2 N–H and O–H groups in total. The molecule has 2 aromatic carbocycles. The molecule has 3 aromatic rings. The number of amides is 1. The van der Waals surface area contributed by atoms with Crippen molar-refractivity contribution in [1.82, 2.24) is 9.97 Å².